The van der Waals surface area contributed by atoms with Gasteiger partial charge < -0.3 is 5.32 Å². The zero-order valence-electron chi connectivity index (χ0n) is 29.3. The second-order valence-electron chi connectivity index (χ2n) is 6.73. The van der Waals surface area contributed by atoms with Crippen LogP contribution in [-0.2, 0) is 0 Å². The number of benzene rings is 3. The molecule has 0 fully saturated rings. The largest absolute Gasteiger partial charge is 0.320 e. The first-order chi connectivity index (χ1) is 19.0. The van der Waals surface area contributed by atoms with Crippen molar-refractivity contribution in [2.45, 2.75) is 109 Å². The fraction of sp³-hybridized carbons (Fsp3) is 0.556. The number of rotatable bonds is 1. The maximum Gasteiger partial charge on any atom is 0.0487 e. The minimum atomic E-state index is 1.07. The molecule has 0 saturated heterocycles. The lowest BCUT2D eigenvalue weighted by atomic mass is 10.1. The van der Waals surface area contributed by atoms with Gasteiger partial charge >= 0.3 is 0 Å². The maximum atomic E-state index is 3.36. The molecule has 3 heteroatoms. The second kappa shape index (κ2) is 70.4. The summed E-state index contributed by atoms with van der Waals surface area (Å²) in [5, 5.41) is 12.3. The van der Waals surface area contributed by atoms with Gasteiger partial charge in [0.2, 0.25) is 0 Å². The van der Waals surface area contributed by atoms with Gasteiger partial charge in [0.05, 0.1) is 0 Å². The molecular weight excluding hydrogens is 474 g/mol. The topological polar surface area (TPSA) is 36.8 Å². The van der Waals surface area contributed by atoms with Crippen LogP contribution in [0.2, 0.25) is 0 Å². The van der Waals surface area contributed by atoms with Crippen molar-refractivity contribution >= 4 is 10.8 Å². The molecule has 0 radical (unpaired) electrons. The molecule has 0 aromatic heterocycles. The Morgan fingerprint density at radius 3 is 0.692 bits per heavy atom. The van der Waals surface area contributed by atoms with Crippen molar-refractivity contribution < 1.29 is 0 Å². The van der Waals surface area contributed by atoms with Crippen LogP contribution in [0.25, 0.3) is 10.8 Å². The van der Waals surface area contributed by atoms with E-state index in [0.29, 0.717) is 0 Å². The van der Waals surface area contributed by atoms with Crippen LogP contribution in [-0.4, -0.2) is 27.7 Å². The average Bonchev–Trinajstić information content (AvgIpc) is 3.03. The summed E-state index contributed by atoms with van der Waals surface area (Å²) in [4.78, 5) is 0. The lowest BCUT2D eigenvalue weighted by molar-refractivity contribution is 0.864. The van der Waals surface area contributed by atoms with Gasteiger partial charge in [-0.2, -0.15) is 10.2 Å². The van der Waals surface area contributed by atoms with E-state index in [1.165, 1.54) is 30.0 Å². The Morgan fingerprint density at radius 1 is 0.436 bits per heavy atom. The molecule has 0 aliphatic rings. The lowest BCUT2D eigenvalue weighted by Crippen LogP contribution is -2.01. The van der Waals surface area contributed by atoms with E-state index in [2.05, 4.69) is 113 Å². The maximum absolute atomic E-state index is 3.36. The van der Waals surface area contributed by atoms with E-state index in [1.54, 1.807) is 14.1 Å². The molecule has 0 bridgehead atoms. The quantitative estimate of drug-likeness (QED) is 0.303. The summed E-state index contributed by atoms with van der Waals surface area (Å²) in [7, 11) is 5.21. The first kappa shape index (κ1) is 52.8. The molecule has 3 aromatic carbocycles. The van der Waals surface area contributed by atoms with Crippen LogP contribution in [0.1, 0.15) is 109 Å². The van der Waals surface area contributed by atoms with Gasteiger partial charge in [0, 0.05) is 14.1 Å². The Balaban J connectivity index is -0.0000000627. The molecule has 3 nitrogen and oxygen atoms in total. The van der Waals surface area contributed by atoms with Gasteiger partial charge in [-0.1, -0.05) is 194 Å². The van der Waals surface area contributed by atoms with Crippen LogP contribution in [0, 0.1) is 0 Å². The molecular formula is C36H71N3. The third-order valence-electron chi connectivity index (χ3n) is 2.88. The number of nitrogens with one attached hydrogen (secondary N) is 1. The molecule has 230 valence electrons. The van der Waals surface area contributed by atoms with E-state index in [4.69, 9.17) is 0 Å². The summed E-state index contributed by atoms with van der Waals surface area (Å²) in [6.45, 7) is 27.9. The van der Waals surface area contributed by atoms with Crippen LogP contribution in [0.5, 0.6) is 0 Å². The molecule has 0 heterocycles. The van der Waals surface area contributed by atoms with E-state index in [1.807, 2.05) is 85.0 Å². The van der Waals surface area contributed by atoms with Gasteiger partial charge in [0.25, 0.3) is 0 Å². The highest BCUT2D eigenvalue weighted by Crippen LogP contribution is 2.11. The highest BCUT2D eigenvalue weighted by molar-refractivity contribution is 5.81. The van der Waals surface area contributed by atoms with Crippen LogP contribution >= 0.6 is 0 Å². The summed E-state index contributed by atoms with van der Waals surface area (Å²) >= 11 is 0. The Labute approximate surface area is 248 Å². The van der Waals surface area contributed by atoms with Gasteiger partial charge in [0.15, 0.2) is 0 Å². The van der Waals surface area contributed by atoms with Crippen molar-refractivity contribution in [3.8, 4) is 0 Å². The first-order valence-corrected chi connectivity index (χ1v) is 15.3. The van der Waals surface area contributed by atoms with E-state index < -0.39 is 0 Å². The zero-order chi connectivity index (χ0) is 32.0. The van der Waals surface area contributed by atoms with E-state index in [0.717, 1.165) is 6.54 Å². The first-order valence-electron chi connectivity index (χ1n) is 15.3. The van der Waals surface area contributed by atoms with Crippen molar-refractivity contribution in [3.05, 3.63) is 84.9 Å². The predicted octanol–water partition coefficient (Wildman–Crippen LogP) is 12.8. The highest BCUT2D eigenvalue weighted by Gasteiger charge is 1.85. The van der Waals surface area contributed by atoms with E-state index >= 15 is 0 Å². The Hall–Kier alpha value is -2.52. The molecule has 0 aliphatic carbocycles. The summed E-state index contributed by atoms with van der Waals surface area (Å²) in [6, 6.07) is 28.7. The van der Waals surface area contributed by atoms with E-state index in [-0.39, 0.29) is 0 Å². The van der Waals surface area contributed by atoms with Crippen LogP contribution in [0.4, 0.5) is 0 Å². The number of hydrogen-bond donors (Lipinski definition) is 1. The van der Waals surface area contributed by atoms with E-state index in [9.17, 15) is 0 Å². The summed E-state index contributed by atoms with van der Waals surface area (Å²) in [6.07, 6.45) is 3.75. The Bertz CT molecular complexity index is 580. The van der Waals surface area contributed by atoms with Gasteiger partial charge in [-0.15, -0.1) is 0 Å². The zero-order valence-corrected chi connectivity index (χ0v) is 29.3. The van der Waals surface area contributed by atoms with Crippen molar-refractivity contribution in [1.82, 2.24) is 5.32 Å². The van der Waals surface area contributed by atoms with Crippen molar-refractivity contribution in [2.24, 2.45) is 10.2 Å². The summed E-state index contributed by atoms with van der Waals surface area (Å²) < 4.78 is 0. The molecule has 0 saturated carbocycles. The van der Waals surface area contributed by atoms with Gasteiger partial charge in [0.1, 0.15) is 0 Å². The number of hydrogen-bond acceptors (Lipinski definition) is 3. The minimum absolute atomic E-state index is 1.07. The smallest absolute Gasteiger partial charge is 0.0487 e. The van der Waals surface area contributed by atoms with Crippen LogP contribution < -0.4 is 5.32 Å². The molecule has 0 spiro atoms. The third-order valence-corrected chi connectivity index (χ3v) is 2.88. The fourth-order valence-electron chi connectivity index (χ4n) is 1.52. The molecule has 0 unspecified atom stereocenters. The molecule has 0 atom stereocenters. The van der Waals surface area contributed by atoms with Crippen molar-refractivity contribution in [2.75, 3.05) is 27.7 Å². The average molecular weight is 546 g/mol. The molecule has 3 aromatic rings. The number of azo groups is 1. The third kappa shape index (κ3) is 72.1. The lowest BCUT2D eigenvalue weighted by Gasteiger charge is -1.92. The van der Waals surface area contributed by atoms with Crippen LogP contribution in [0.15, 0.2) is 95.2 Å². The SMILES string of the molecule is CC.CC.CC.CCC.CCC.CCC.CCNC.CN=NC.c1ccc2ccccc2c1.c1ccccc1. The van der Waals surface area contributed by atoms with Crippen LogP contribution in [0.3, 0.4) is 0 Å². The summed E-state index contributed by atoms with van der Waals surface area (Å²) in [5.41, 5.74) is 0. The van der Waals surface area contributed by atoms with Gasteiger partial charge in [-0.25, -0.2) is 0 Å². The Kier molecular flexibility index (Phi) is 95.4. The molecule has 3 rings (SSSR count). The molecule has 0 aliphatic heterocycles. The highest BCUT2D eigenvalue weighted by atomic mass is 15.0. The number of fused-ring (bicyclic) bond motifs is 1. The molecule has 1 N–H and O–H groups in total. The standard InChI is InChI=1S/C10H8.C6H6.C3H9N.3C3H8.C2H6N2.3C2H6/c1-2-6-10-8-4-3-7-9(10)5-1;1-2-4-6-5-3-1;1-3-4-2;3*1-3-2;1-3-4-2;3*1-2/h1-8H;1-6H;4H,3H2,1-2H3;3*3H2,1-2H3;1-2H3;3*1-2H3. The molecule has 39 heavy (non-hydrogen) atoms. The number of nitrogens with zero attached hydrogens (tertiary/aromatic N) is 2. The van der Waals surface area contributed by atoms with Crippen molar-refractivity contribution in [1.29, 1.82) is 0 Å². The second-order valence-corrected chi connectivity index (χ2v) is 6.73. The fourth-order valence-corrected chi connectivity index (χ4v) is 1.52. The molecule has 0 amide bonds. The van der Waals surface area contributed by atoms with Crippen molar-refractivity contribution in [3.63, 3.8) is 0 Å². The van der Waals surface area contributed by atoms with Gasteiger partial charge in [-0.05, 0) is 24.4 Å². The summed E-state index contributed by atoms with van der Waals surface area (Å²) in [5.74, 6) is 0. The predicted molar refractivity (Wildman–Crippen MR) is 189 cm³/mol. The van der Waals surface area contributed by atoms with Gasteiger partial charge in [-0.3, -0.25) is 0 Å². The monoisotopic (exact) mass is 546 g/mol. The Morgan fingerprint density at radius 2 is 0.590 bits per heavy atom. The normalized spacial score (nSPS) is 7.38. The minimum Gasteiger partial charge on any atom is -0.320 e.